The van der Waals surface area contributed by atoms with E-state index >= 15 is 0 Å². The Hall–Kier alpha value is -3.55. The van der Waals surface area contributed by atoms with E-state index in [0.29, 0.717) is 0 Å². The maximum atomic E-state index is 13.4. The predicted octanol–water partition coefficient (Wildman–Crippen LogP) is 1.93. The van der Waals surface area contributed by atoms with Gasteiger partial charge in [0.25, 0.3) is 0 Å². The molecule has 0 saturated carbocycles. The Bertz CT molecular complexity index is 847. The van der Waals surface area contributed by atoms with Gasteiger partial charge in [-0.2, -0.15) is 18.4 Å². The van der Waals surface area contributed by atoms with Gasteiger partial charge in [0.15, 0.2) is 5.82 Å². The fourth-order valence-corrected chi connectivity index (χ4v) is 1.38. The van der Waals surface area contributed by atoms with Crippen molar-refractivity contribution in [2.24, 2.45) is 0 Å². The quantitative estimate of drug-likeness (QED) is 0.621. The number of aromatic nitrogens is 2. The molecular weight excluding hydrogens is 348 g/mol. The monoisotopic (exact) mass is 356 g/mol. The van der Waals surface area contributed by atoms with Crippen molar-refractivity contribution in [1.82, 2.24) is 9.97 Å². The smallest absolute Gasteiger partial charge is 0.475 e. The summed E-state index contributed by atoms with van der Waals surface area (Å²) in [5.41, 5.74) is 5.15. The zero-order valence-electron chi connectivity index (χ0n) is 12.1. The lowest BCUT2D eigenvalue weighted by Crippen LogP contribution is -2.21. The van der Waals surface area contributed by atoms with Gasteiger partial charge in [-0.15, -0.1) is 0 Å². The summed E-state index contributed by atoms with van der Waals surface area (Å²) in [4.78, 5) is 28.3. The lowest BCUT2D eigenvalue weighted by atomic mass is 10.1. The van der Waals surface area contributed by atoms with Crippen molar-refractivity contribution in [1.29, 1.82) is 5.26 Å². The topological polar surface area (TPSA) is 130 Å². The van der Waals surface area contributed by atoms with Crippen LogP contribution in [0.2, 0.25) is 0 Å². The fourth-order valence-electron chi connectivity index (χ4n) is 1.38. The number of halogens is 4. The molecule has 0 atom stereocenters. The molecule has 25 heavy (non-hydrogen) atoms. The summed E-state index contributed by atoms with van der Waals surface area (Å²) >= 11 is 0. The largest absolute Gasteiger partial charge is 0.490 e. The molecule has 3 N–H and O–H groups in total. The van der Waals surface area contributed by atoms with Crippen LogP contribution in [0.25, 0.3) is 0 Å². The SMILES string of the molecule is N#Cc1ccc(N)c(C(=O)c2ncccc2F)n1.O=C(O)C(F)(F)F. The van der Waals surface area contributed by atoms with Gasteiger partial charge in [-0.3, -0.25) is 4.79 Å². The van der Waals surface area contributed by atoms with Gasteiger partial charge in [0.1, 0.15) is 23.2 Å². The fraction of sp³-hybridized carbons (Fsp3) is 0.0714. The van der Waals surface area contributed by atoms with Crippen molar-refractivity contribution >= 4 is 17.4 Å². The predicted molar refractivity (Wildman–Crippen MR) is 74.7 cm³/mol. The molecule has 7 nitrogen and oxygen atoms in total. The minimum absolute atomic E-state index is 0.0314. The third-order valence-electron chi connectivity index (χ3n) is 2.47. The number of ketones is 1. The second-order valence-electron chi connectivity index (χ2n) is 4.21. The number of nitrogens with zero attached hydrogens (tertiary/aromatic N) is 3. The van der Waals surface area contributed by atoms with Crippen molar-refractivity contribution in [3.8, 4) is 6.07 Å². The van der Waals surface area contributed by atoms with E-state index in [1.165, 1.54) is 24.4 Å². The average molecular weight is 356 g/mol. The van der Waals surface area contributed by atoms with Gasteiger partial charge in [0.2, 0.25) is 5.78 Å². The van der Waals surface area contributed by atoms with Crippen molar-refractivity contribution in [3.05, 3.63) is 53.4 Å². The molecule has 2 aromatic heterocycles. The summed E-state index contributed by atoms with van der Waals surface area (Å²) in [6.45, 7) is 0. The first-order valence-corrected chi connectivity index (χ1v) is 6.20. The number of hydrogen-bond donors (Lipinski definition) is 2. The molecule has 0 saturated heterocycles. The maximum absolute atomic E-state index is 13.4. The molecule has 11 heteroatoms. The molecule has 0 aliphatic heterocycles. The summed E-state index contributed by atoms with van der Waals surface area (Å²) < 4.78 is 45.2. The summed E-state index contributed by atoms with van der Waals surface area (Å²) in [5, 5.41) is 15.8. The molecule has 0 amide bonds. The lowest BCUT2D eigenvalue weighted by Gasteiger charge is -2.04. The Morgan fingerprint density at radius 3 is 2.28 bits per heavy atom. The second kappa shape index (κ2) is 7.82. The average Bonchev–Trinajstić information content (AvgIpc) is 2.55. The van der Waals surface area contributed by atoms with E-state index in [0.717, 1.165) is 6.07 Å². The second-order valence-corrected chi connectivity index (χ2v) is 4.21. The van der Waals surface area contributed by atoms with E-state index in [2.05, 4.69) is 9.97 Å². The highest BCUT2D eigenvalue weighted by atomic mass is 19.4. The Morgan fingerprint density at radius 1 is 1.20 bits per heavy atom. The number of nitriles is 1. The molecule has 130 valence electrons. The Kier molecular flexibility index (Phi) is 6.10. The Balaban J connectivity index is 0.000000381. The lowest BCUT2D eigenvalue weighted by molar-refractivity contribution is -0.192. The number of nitrogen functional groups attached to an aromatic ring is 1. The Morgan fingerprint density at radius 2 is 1.80 bits per heavy atom. The highest BCUT2D eigenvalue weighted by Gasteiger charge is 2.38. The van der Waals surface area contributed by atoms with Gasteiger partial charge < -0.3 is 10.8 Å². The molecule has 0 fully saturated rings. The zero-order valence-corrected chi connectivity index (χ0v) is 12.1. The molecule has 0 aliphatic rings. The van der Waals surface area contributed by atoms with Crippen LogP contribution in [0, 0.1) is 17.1 Å². The minimum atomic E-state index is -5.08. The van der Waals surface area contributed by atoms with Crippen molar-refractivity contribution in [2.45, 2.75) is 6.18 Å². The van der Waals surface area contributed by atoms with Crippen molar-refractivity contribution in [3.63, 3.8) is 0 Å². The number of carbonyl (C=O) groups is 2. The number of carbonyl (C=O) groups excluding carboxylic acids is 1. The zero-order chi connectivity index (χ0) is 19.2. The Labute approximate surface area is 137 Å². The number of carboxylic acid groups (broad SMARTS) is 1. The first-order valence-electron chi connectivity index (χ1n) is 6.20. The van der Waals surface area contributed by atoms with Crippen LogP contribution >= 0.6 is 0 Å². The molecule has 2 heterocycles. The molecule has 0 spiro atoms. The van der Waals surface area contributed by atoms with Crippen LogP contribution in [-0.2, 0) is 4.79 Å². The summed E-state index contributed by atoms with van der Waals surface area (Å²) in [6.07, 6.45) is -3.79. The number of hydrogen-bond acceptors (Lipinski definition) is 6. The summed E-state index contributed by atoms with van der Waals surface area (Å²) in [7, 11) is 0. The van der Waals surface area contributed by atoms with Gasteiger partial charge in [-0.1, -0.05) is 0 Å². The van der Waals surface area contributed by atoms with E-state index < -0.39 is 23.7 Å². The first kappa shape index (κ1) is 19.5. The molecular formula is C14H8F4N4O3. The normalized spacial score (nSPS) is 10.2. The van der Waals surface area contributed by atoms with E-state index in [1.54, 1.807) is 6.07 Å². The van der Waals surface area contributed by atoms with Crippen molar-refractivity contribution < 1.29 is 32.3 Å². The highest BCUT2D eigenvalue weighted by Crippen LogP contribution is 2.15. The summed E-state index contributed by atoms with van der Waals surface area (Å²) in [6, 6.07) is 7.02. The molecule has 2 rings (SSSR count). The van der Waals surface area contributed by atoms with Crippen molar-refractivity contribution in [2.75, 3.05) is 5.73 Å². The molecule has 2 aromatic rings. The van der Waals surface area contributed by atoms with Crippen LogP contribution in [0.4, 0.5) is 23.2 Å². The standard InChI is InChI=1S/C12H7FN4O.C2HF3O2/c13-8-2-1-5-16-10(8)12(18)11-9(15)4-3-7(6-14)17-11;3-2(4,5)1(6)7/h1-5H,15H2;(H,6,7). The number of pyridine rings is 2. The third kappa shape index (κ3) is 5.24. The van der Waals surface area contributed by atoms with Crippen LogP contribution < -0.4 is 5.73 Å². The number of carboxylic acids is 1. The van der Waals surface area contributed by atoms with Gasteiger partial charge in [-0.25, -0.2) is 19.2 Å². The van der Waals surface area contributed by atoms with Crippen LogP contribution in [0.5, 0.6) is 0 Å². The van der Waals surface area contributed by atoms with E-state index in [4.69, 9.17) is 20.9 Å². The van der Waals surface area contributed by atoms with Crippen LogP contribution in [0.3, 0.4) is 0 Å². The third-order valence-corrected chi connectivity index (χ3v) is 2.47. The van der Waals surface area contributed by atoms with E-state index in [1.807, 2.05) is 0 Å². The number of rotatable bonds is 2. The molecule has 0 radical (unpaired) electrons. The maximum Gasteiger partial charge on any atom is 0.490 e. The number of aliphatic carboxylic acids is 1. The molecule has 0 aliphatic carbocycles. The van der Waals surface area contributed by atoms with Gasteiger partial charge in [0, 0.05) is 6.20 Å². The van der Waals surface area contributed by atoms with Crippen LogP contribution in [-0.4, -0.2) is 33.0 Å². The van der Waals surface area contributed by atoms with E-state index in [9.17, 15) is 22.4 Å². The van der Waals surface area contributed by atoms with Crippen LogP contribution in [0.15, 0.2) is 30.5 Å². The van der Waals surface area contributed by atoms with Gasteiger partial charge in [0.05, 0.1) is 5.69 Å². The molecule has 0 bridgehead atoms. The highest BCUT2D eigenvalue weighted by molar-refractivity contribution is 6.09. The van der Waals surface area contributed by atoms with Gasteiger partial charge in [-0.05, 0) is 24.3 Å². The molecule has 0 aromatic carbocycles. The minimum Gasteiger partial charge on any atom is -0.475 e. The number of anilines is 1. The van der Waals surface area contributed by atoms with Crippen LogP contribution in [0.1, 0.15) is 21.9 Å². The van der Waals surface area contributed by atoms with E-state index in [-0.39, 0.29) is 22.8 Å². The first-order chi connectivity index (χ1) is 11.6. The number of alkyl halides is 3. The summed E-state index contributed by atoms with van der Waals surface area (Å²) in [5.74, 6) is -4.26. The van der Waals surface area contributed by atoms with Gasteiger partial charge >= 0.3 is 12.1 Å². The number of nitrogens with two attached hydrogens (primary N) is 1. The molecule has 0 unspecified atom stereocenters.